The van der Waals surface area contributed by atoms with Crippen LogP contribution in [0, 0.1) is 11.7 Å². The normalized spacial score (nSPS) is 26.6. The number of rotatable bonds is 2. The van der Waals surface area contributed by atoms with Gasteiger partial charge in [-0.3, -0.25) is 14.7 Å². The number of fused-ring (bicyclic) bond motifs is 1. The fourth-order valence-electron chi connectivity index (χ4n) is 3.41. The summed E-state index contributed by atoms with van der Waals surface area (Å²) in [5, 5.41) is 16.0. The first-order valence-corrected chi connectivity index (χ1v) is 7.20. The lowest BCUT2D eigenvalue weighted by Crippen LogP contribution is -2.49. The van der Waals surface area contributed by atoms with Gasteiger partial charge in [0, 0.05) is 23.6 Å². The van der Waals surface area contributed by atoms with E-state index in [0.717, 1.165) is 0 Å². The molecule has 1 aromatic heterocycles. The summed E-state index contributed by atoms with van der Waals surface area (Å²) >= 11 is 0. The third kappa shape index (κ3) is 2.46. The molecule has 0 unspecified atom stereocenters. The van der Waals surface area contributed by atoms with Crippen molar-refractivity contribution in [2.24, 2.45) is 5.92 Å². The van der Waals surface area contributed by atoms with Gasteiger partial charge in [-0.15, -0.1) is 0 Å². The minimum Gasteiger partial charge on any atom is -0.469 e. The second kappa shape index (κ2) is 5.34. The van der Waals surface area contributed by atoms with Crippen LogP contribution in [0.4, 0.5) is 4.39 Å². The van der Waals surface area contributed by atoms with Gasteiger partial charge in [0.15, 0.2) is 0 Å². The van der Waals surface area contributed by atoms with Crippen molar-refractivity contribution in [1.82, 2.24) is 10.2 Å². The van der Waals surface area contributed by atoms with Crippen LogP contribution in [-0.4, -0.2) is 34.0 Å². The highest BCUT2D eigenvalue weighted by atomic mass is 19.1. The maximum absolute atomic E-state index is 13.2. The molecule has 7 heteroatoms. The van der Waals surface area contributed by atoms with Gasteiger partial charge in [0.05, 0.1) is 18.6 Å². The lowest BCUT2D eigenvalue weighted by atomic mass is 9.66. The Kier molecular flexibility index (Phi) is 3.60. The molecule has 3 N–H and O–H groups in total. The Morgan fingerprint density at radius 2 is 2.00 bits per heavy atom. The molecule has 0 spiro atoms. The topological polar surface area (TPSA) is 95.2 Å². The summed E-state index contributed by atoms with van der Waals surface area (Å²) in [6, 6.07) is 5.53. The van der Waals surface area contributed by atoms with Crippen LogP contribution in [0.3, 0.4) is 0 Å². The highest BCUT2D eigenvalue weighted by molar-refractivity contribution is 5.77. The van der Waals surface area contributed by atoms with E-state index >= 15 is 0 Å². The number of carbonyl (C=O) groups is 1. The quantitative estimate of drug-likeness (QED) is 0.721. The molecule has 0 radical (unpaired) electrons. The number of H-pyrrole nitrogens is 2. The number of hydrogen-bond acceptors (Lipinski definition) is 4. The van der Waals surface area contributed by atoms with Crippen molar-refractivity contribution in [3.05, 3.63) is 57.3 Å². The third-order valence-electron chi connectivity index (χ3n) is 4.43. The lowest BCUT2D eigenvalue weighted by Gasteiger charge is -2.40. The van der Waals surface area contributed by atoms with Crippen molar-refractivity contribution >= 4 is 5.97 Å². The van der Waals surface area contributed by atoms with Crippen LogP contribution in [-0.2, 0) is 16.0 Å². The fourth-order valence-corrected chi connectivity index (χ4v) is 3.41. The molecule has 0 saturated heterocycles. The molecule has 0 saturated carbocycles. The van der Waals surface area contributed by atoms with Gasteiger partial charge in [0.2, 0.25) is 0 Å². The number of halogens is 1. The maximum Gasteiger partial charge on any atom is 0.312 e. The summed E-state index contributed by atoms with van der Waals surface area (Å²) in [6.07, 6.45) is 0.110. The molecule has 1 aliphatic rings. The van der Waals surface area contributed by atoms with E-state index in [0.29, 0.717) is 16.8 Å². The number of carbonyl (C=O) groups excluding carboxylic acids is 1. The highest BCUT2D eigenvalue weighted by Gasteiger charge is 2.51. The zero-order valence-electron chi connectivity index (χ0n) is 12.7. The van der Waals surface area contributed by atoms with E-state index in [1.54, 1.807) is 0 Å². The van der Waals surface area contributed by atoms with Crippen molar-refractivity contribution in [2.45, 2.75) is 24.9 Å². The van der Waals surface area contributed by atoms with E-state index in [1.807, 2.05) is 0 Å². The Morgan fingerprint density at radius 1 is 1.35 bits per heavy atom. The Balaban J connectivity index is 2.24. The second-order valence-electron chi connectivity index (χ2n) is 6.04. The molecule has 23 heavy (non-hydrogen) atoms. The number of nitrogens with one attached hydrogen (secondary N) is 2. The third-order valence-corrected chi connectivity index (χ3v) is 4.43. The van der Waals surface area contributed by atoms with Crippen LogP contribution in [0.15, 0.2) is 29.1 Å². The SMILES string of the molecule is COC(=O)[C@@H]1[C@@H](c2ccc(F)cc2)c2c([nH][nH]c2=O)C[C@@]1(C)O. The number of ether oxygens (including phenoxy) is 1. The smallest absolute Gasteiger partial charge is 0.312 e. The number of hydrogen-bond donors (Lipinski definition) is 3. The van der Waals surface area contributed by atoms with Crippen LogP contribution >= 0.6 is 0 Å². The van der Waals surface area contributed by atoms with Crippen LogP contribution in [0.2, 0.25) is 0 Å². The first kappa shape index (κ1) is 15.5. The van der Waals surface area contributed by atoms with E-state index in [2.05, 4.69) is 10.2 Å². The summed E-state index contributed by atoms with van der Waals surface area (Å²) in [5.41, 5.74) is -0.301. The molecule has 1 heterocycles. The van der Waals surface area contributed by atoms with Crippen LogP contribution in [0.5, 0.6) is 0 Å². The van der Waals surface area contributed by atoms with Gasteiger partial charge in [-0.25, -0.2) is 4.39 Å². The molecule has 122 valence electrons. The molecule has 1 aliphatic carbocycles. The largest absolute Gasteiger partial charge is 0.469 e. The van der Waals surface area contributed by atoms with Crippen LogP contribution in [0.1, 0.15) is 29.7 Å². The average Bonchev–Trinajstić information content (AvgIpc) is 2.85. The van der Waals surface area contributed by atoms with E-state index in [4.69, 9.17) is 4.74 Å². The molecule has 6 nitrogen and oxygen atoms in total. The zero-order chi connectivity index (χ0) is 16.8. The Bertz CT molecular complexity index is 791. The standard InChI is InChI=1S/C16H17FN2O4/c1-16(22)7-10-12(14(20)19-18-10)11(13(16)15(21)23-2)8-3-5-9(17)6-4-8/h3-6,11,13,22H,7H2,1-2H3,(H2,18,19,20)/t11-,13-,16+/m0/s1. The average molecular weight is 320 g/mol. The number of esters is 1. The Morgan fingerprint density at radius 3 is 2.61 bits per heavy atom. The molecule has 3 atom stereocenters. The molecule has 1 aromatic carbocycles. The monoisotopic (exact) mass is 320 g/mol. The number of aromatic nitrogens is 2. The van der Waals surface area contributed by atoms with Gasteiger partial charge in [-0.1, -0.05) is 12.1 Å². The maximum atomic E-state index is 13.2. The summed E-state index contributed by atoms with van der Waals surface area (Å²) in [4.78, 5) is 24.5. The van der Waals surface area contributed by atoms with Crippen LogP contribution in [0.25, 0.3) is 0 Å². The second-order valence-corrected chi connectivity index (χ2v) is 6.04. The van der Waals surface area contributed by atoms with Gasteiger partial charge >= 0.3 is 5.97 Å². The lowest BCUT2D eigenvalue weighted by molar-refractivity contribution is -0.156. The molecule has 2 aromatic rings. The zero-order valence-corrected chi connectivity index (χ0v) is 12.7. The summed E-state index contributed by atoms with van der Waals surface area (Å²) < 4.78 is 18.1. The fraction of sp³-hybridized carbons (Fsp3) is 0.375. The van der Waals surface area contributed by atoms with Crippen LogP contribution < -0.4 is 5.56 Å². The predicted molar refractivity (Wildman–Crippen MR) is 79.5 cm³/mol. The summed E-state index contributed by atoms with van der Waals surface area (Å²) in [5.74, 6) is -2.73. The Hall–Kier alpha value is -2.41. The molecule has 0 bridgehead atoms. The van der Waals surface area contributed by atoms with Crippen molar-refractivity contribution < 1.29 is 19.0 Å². The van der Waals surface area contributed by atoms with Crippen molar-refractivity contribution in [2.75, 3.05) is 7.11 Å². The summed E-state index contributed by atoms with van der Waals surface area (Å²) in [6.45, 7) is 1.53. The first-order chi connectivity index (χ1) is 10.8. The van der Waals surface area contributed by atoms with Gasteiger partial charge in [-0.2, -0.15) is 0 Å². The van der Waals surface area contributed by atoms with Gasteiger partial charge in [-0.05, 0) is 24.6 Å². The summed E-state index contributed by atoms with van der Waals surface area (Å²) in [7, 11) is 1.23. The van der Waals surface area contributed by atoms with E-state index < -0.39 is 29.2 Å². The molecule has 0 fully saturated rings. The Labute approximate surface area is 131 Å². The minimum atomic E-state index is -1.41. The predicted octanol–water partition coefficient (Wildman–Crippen LogP) is 1.07. The number of methoxy groups -OCH3 is 1. The minimum absolute atomic E-state index is 0.110. The number of aromatic amines is 2. The molecular weight excluding hydrogens is 303 g/mol. The molecule has 0 amide bonds. The van der Waals surface area contributed by atoms with Crippen molar-refractivity contribution in [1.29, 1.82) is 0 Å². The van der Waals surface area contributed by atoms with Gasteiger partial charge < -0.3 is 14.9 Å². The number of benzene rings is 1. The van der Waals surface area contributed by atoms with E-state index in [-0.39, 0.29) is 12.0 Å². The van der Waals surface area contributed by atoms with Crippen molar-refractivity contribution in [3.8, 4) is 0 Å². The number of aliphatic hydroxyl groups is 1. The molecular formula is C16H17FN2O4. The van der Waals surface area contributed by atoms with Gasteiger partial charge in [0.1, 0.15) is 5.82 Å². The highest BCUT2D eigenvalue weighted by Crippen LogP contribution is 2.44. The van der Waals surface area contributed by atoms with Gasteiger partial charge in [0.25, 0.3) is 5.56 Å². The molecule has 3 rings (SSSR count). The van der Waals surface area contributed by atoms with Crippen molar-refractivity contribution in [3.63, 3.8) is 0 Å². The van der Waals surface area contributed by atoms with E-state index in [1.165, 1.54) is 38.3 Å². The van der Waals surface area contributed by atoms with E-state index in [9.17, 15) is 19.1 Å². The first-order valence-electron chi connectivity index (χ1n) is 7.20. The molecule has 0 aliphatic heterocycles.